The van der Waals surface area contributed by atoms with Gasteiger partial charge in [-0.3, -0.25) is 4.79 Å². The molecule has 2 rings (SSSR count). The predicted molar refractivity (Wildman–Crippen MR) is 79.8 cm³/mol. The molecular formula is C16H19FN2O3. The van der Waals surface area contributed by atoms with Crippen LogP contribution in [0.2, 0.25) is 0 Å². The number of aromatic nitrogens is 1. The van der Waals surface area contributed by atoms with Gasteiger partial charge >= 0.3 is 0 Å². The van der Waals surface area contributed by atoms with Crippen LogP contribution in [0.3, 0.4) is 0 Å². The number of carbonyl (C=O) groups excluding carboxylic acids is 1. The highest BCUT2D eigenvalue weighted by Gasteiger charge is 2.24. The van der Waals surface area contributed by atoms with Gasteiger partial charge in [0.1, 0.15) is 5.82 Å². The Bertz CT molecular complexity index is 644. The van der Waals surface area contributed by atoms with Crippen molar-refractivity contribution in [2.45, 2.75) is 26.4 Å². The van der Waals surface area contributed by atoms with E-state index in [9.17, 15) is 14.3 Å². The number of likely N-dealkylation sites (N-methyl/N-ethyl adjacent to an activating group) is 1. The molecule has 0 atom stereocenters. The van der Waals surface area contributed by atoms with Crippen molar-refractivity contribution >= 4 is 5.91 Å². The molecule has 1 amide bonds. The van der Waals surface area contributed by atoms with Gasteiger partial charge in [0, 0.05) is 24.7 Å². The van der Waals surface area contributed by atoms with E-state index in [2.05, 4.69) is 5.16 Å². The summed E-state index contributed by atoms with van der Waals surface area (Å²) in [4.78, 5) is 13.9. The first-order valence-electron chi connectivity index (χ1n) is 7.04. The first-order valence-corrected chi connectivity index (χ1v) is 7.04. The minimum absolute atomic E-state index is 0.158. The summed E-state index contributed by atoms with van der Waals surface area (Å²) in [6, 6.07) is 7.25. The molecule has 0 unspecified atom stereocenters. The molecule has 0 bridgehead atoms. The van der Waals surface area contributed by atoms with Gasteiger partial charge in [0.2, 0.25) is 0 Å². The molecule has 1 heterocycles. The number of amides is 1. The molecule has 5 nitrogen and oxygen atoms in total. The van der Waals surface area contributed by atoms with Crippen molar-refractivity contribution in [2.24, 2.45) is 0 Å². The molecule has 1 aromatic heterocycles. The normalized spacial score (nSPS) is 11.5. The van der Waals surface area contributed by atoms with E-state index in [0.717, 1.165) is 0 Å². The first kappa shape index (κ1) is 16.2. The van der Waals surface area contributed by atoms with E-state index in [1.165, 1.54) is 23.1 Å². The third kappa shape index (κ3) is 3.92. The highest BCUT2D eigenvalue weighted by atomic mass is 19.1. The van der Waals surface area contributed by atoms with E-state index in [1.54, 1.807) is 26.0 Å². The quantitative estimate of drug-likeness (QED) is 0.922. The molecular weight excluding hydrogens is 287 g/mol. The van der Waals surface area contributed by atoms with Gasteiger partial charge in [-0.15, -0.1) is 0 Å². The van der Waals surface area contributed by atoms with Crippen LogP contribution >= 0.6 is 0 Å². The van der Waals surface area contributed by atoms with Crippen molar-refractivity contribution in [3.8, 4) is 11.3 Å². The number of aliphatic hydroxyl groups is 1. The van der Waals surface area contributed by atoms with Crippen LogP contribution in [-0.4, -0.2) is 39.8 Å². The summed E-state index contributed by atoms with van der Waals surface area (Å²) in [6.45, 7) is 5.73. The number of carbonyl (C=O) groups is 1. The van der Waals surface area contributed by atoms with Crippen molar-refractivity contribution in [1.82, 2.24) is 10.1 Å². The first-order chi connectivity index (χ1) is 10.3. The smallest absolute Gasteiger partial charge is 0.276 e. The summed E-state index contributed by atoms with van der Waals surface area (Å²) in [7, 11) is 0. The average Bonchev–Trinajstić information content (AvgIpc) is 2.93. The molecule has 0 radical (unpaired) electrons. The molecule has 118 valence electrons. The summed E-state index contributed by atoms with van der Waals surface area (Å²) in [6.07, 6.45) is 0. The van der Waals surface area contributed by atoms with Gasteiger partial charge in [0.05, 0.1) is 5.60 Å². The fourth-order valence-electron chi connectivity index (χ4n) is 2.08. The largest absolute Gasteiger partial charge is 0.389 e. The Morgan fingerprint density at radius 3 is 2.55 bits per heavy atom. The number of benzene rings is 1. The number of hydrogen-bond acceptors (Lipinski definition) is 4. The predicted octanol–water partition coefficient (Wildman–Crippen LogP) is 2.71. The van der Waals surface area contributed by atoms with Crippen molar-refractivity contribution in [2.75, 3.05) is 13.1 Å². The summed E-state index contributed by atoms with van der Waals surface area (Å²) in [5, 5.41) is 13.6. The molecule has 0 aliphatic rings. The van der Waals surface area contributed by atoms with E-state index >= 15 is 0 Å². The van der Waals surface area contributed by atoms with Crippen LogP contribution in [0.1, 0.15) is 31.3 Å². The van der Waals surface area contributed by atoms with Crippen molar-refractivity contribution < 1.29 is 18.8 Å². The Labute approximate surface area is 128 Å². The maximum atomic E-state index is 12.9. The lowest BCUT2D eigenvalue weighted by atomic mass is 10.1. The molecule has 1 aromatic carbocycles. The van der Waals surface area contributed by atoms with Gasteiger partial charge < -0.3 is 14.5 Å². The zero-order chi connectivity index (χ0) is 16.3. The lowest BCUT2D eigenvalue weighted by Gasteiger charge is -2.27. The number of hydrogen-bond donors (Lipinski definition) is 1. The molecule has 0 spiro atoms. The van der Waals surface area contributed by atoms with Gasteiger partial charge in [-0.05, 0) is 45.0 Å². The van der Waals surface area contributed by atoms with Crippen LogP contribution in [0.25, 0.3) is 11.3 Å². The SMILES string of the molecule is CCN(CC(C)(C)O)C(=O)c1cc(-c2ccc(F)cc2)on1. The number of halogens is 1. The lowest BCUT2D eigenvalue weighted by Crippen LogP contribution is -2.42. The third-order valence-corrected chi connectivity index (χ3v) is 3.10. The second-order valence-corrected chi connectivity index (χ2v) is 5.72. The Kier molecular flexibility index (Phi) is 4.61. The Morgan fingerprint density at radius 1 is 1.36 bits per heavy atom. The van der Waals surface area contributed by atoms with Crippen LogP contribution in [0, 0.1) is 5.82 Å². The Morgan fingerprint density at radius 2 is 2.00 bits per heavy atom. The minimum Gasteiger partial charge on any atom is -0.389 e. The molecule has 0 fully saturated rings. The third-order valence-electron chi connectivity index (χ3n) is 3.10. The summed E-state index contributed by atoms with van der Waals surface area (Å²) < 4.78 is 18.1. The highest BCUT2D eigenvalue weighted by molar-refractivity contribution is 5.93. The average molecular weight is 306 g/mol. The number of rotatable bonds is 5. The van der Waals surface area contributed by atoms with E-state index < -0.39 is 5.60 Å². The molecule has 22 heavy (non-hydrogen) atoms. The lowest BCUT2D eigenvalue weighted by molar-refractivity contribution is 0.0309. The second-order valence-electron chi connectivity index (χ2n) is 5.72. The maximum absolute atomic E-state index is 12.9. The van der Waals surface area contributed by atoms with Crippen LogP contribution in [0.4, 0.5) is 4.39 Å². The highest BCUT2D eigenvalue weighted by Crippen LogP contribution is 2.21. The van der Waals surface area contributed by atoms with Gasteiger partial charge in [-0.1, -0.05) is 5.16 Å². The fraction of sp³-hybridized carbons (Fsp3) is 0.375. The van der Waals surface area contributed by atoms with Gasteiger partial charge in [0.25, 0.3) is 5.91 Å². The fourth-order valence-corrected chi connectivity index (χ4v) is 2.08. The van der Waals surface area contributed by atoms with Crippen molar-refractivity contribution in [3.05, 3.63) is 41.8 Å². The van der Waals surface area contributed by atoms with E-state index in [0.29, 0.717) is 17.9 Å². The molecule has 1 N–H and O–H groups in total. The topological polar surface area (TPSA) is 66.6 Å². The zero-order valence-electron chi connectivity index (χ0n) is 12.8. The van der Waals surface area contributed by atoms with Crippen LogP contribution < -0.4 is 0 Å². The Hall–Kier alpha value is -2.21. The summed E-state index contributed by atoms with van der Waals surface area (Å²) in [5.74, 6) is -0.272. The standard InChI is InChI=1S/C16H19FN2O3/c1-4-19(10-16(2,3)21)15(20)13-9-14(22-18-13)11-5-7-12(17)8-6-11/h5-9,21H,4,10H2,1-3H3. The number of nitrogens with zero attached hydrogens (tertiary/aromatic N) is 2. The van der Waals surface area contributed by atoms with Crippen LogP contribution in [0.15, 0.2) is 34.9 Å². The van der Waals surface area contributed by atoms with Crippen molar-refractivity contribution in [3.63, 3.8) is 0 Å². The molecule has 0 aliphatic carbocycles. The molecule has 0 saturated carbocycles. The van der Waals surface area contributed by atoms with Gasteiger partial charge in [0.15, 0.2) is 11.5 Å². The Balaban J connectivity index is 2.19. The van der Waals surface area contributed by atoms with Crippen LogP contribution in [-0.2, 0) is 0 Å². The van der Waals surface area contributed by atoms with Crippen LogP contribution in [0.5, 0.6) is 0 Å². The molecule has 0 saturated heterocycles. The minimum atomic E-state index is -0.991. The monoisotopic (exact) mass is 306 g/mol. The van der Waals surface area contributed by atoms with Crippen molar-refractivity contribution in [1.29, 1.82) is 0 Å². The van der Waals surface area contributed by atoms with E-state index in [4.69, 9.17) is 4.52 Å². The second kappa shape index (κ2) is 6.27. The molecule has 6 heteroatoms. The summed E-state index contributed by atoms with van der Waals surface area (Å²) >= 11 is 0. The van der Waals surface area contributed by atoms with Gasteiger partial charge in [-0.2, -0.15) is 0 Å². The summed E-state index contributed by atoms with van der Waals surface area (Å²) in [5.41, 5.74) is -0.196. The maximum Gasteiger partial charge on any atom is 0.276 e. The van der Waals surface area contributed by atoms with E-state index in [1.807, 2.05) is 6.92 Å². The van der Waals surface area contributed by atoms with E-state index in [-0.39, 0.29) is 24.0 Å². The van der Waals surface area contributed by atoms with Gasteiger partial charge in [-0.25, -0.2) is 4.39 Å². The molecule has 0 aliphatic heterocycles. The molecule has 2 aromatic rings. The zero-order valence-corrected chi connectivity index (χ0v) is 12.8.